The standard InChI is InChI=1S/C41H27N3O/c1-41(2)29-11-5-3-9-24(29)26-19-22(15-16-30(26)41)23-20-27-36-33(17-18-35-37(36)25-10-4-8-14-34(25)45-35)44-39(27)28(21-23)38-40(44)43-32-13-7-6-12-31(32)42-38/h3-21,32,43H,1-2H3. The van der Waals surface area contributed by atoms with Crippen LogP contribution in [-0.4, -0.2) is 16.2 Å². The lowest BCUT2D eigenvalue weighted by Gasteiger charge is -2.23. The molecule has 8 aromatic rings. The van der Waals surface area contributed by atoms with E-state index in [2.05, 4.69) is 133 Å². The summed E-state index contributed by atoms with van der Waals surface area (Å²) in [5.41, 5.74) is 14.1. The van der Waals surface area contributed by atoms with Gasteiger partial charge in [0.25, 0.3) is 0 Å². The van der Waals surface area contributed by atoms with Gasteiger partial charge < -0.3 is 9.73 Å². The van der Waals surface area contributed by atoms with Crippen LogP contribution >= 0.6 is 0 Å². The Morgan fingerprint density at radius 1 is 0.733 bits per heavy atom. The molecule has 1 atom stereocenters. The number of anilines is 1. The summed E-state index contributed by atoms with van der Waals surface area (Å²) in [4.78, 5) is 5.28. The molecule has 0 saturated heterocycles. The van der Waals surface area contributed by atoms with Gasteiger partial charge in [0.1, 0.15) is 22.7 Å². The lowest BCUT2D eigenvalue weighted by atomic mass is 9.82. The average Bonchev–Trinajstić information content (AvgIpc) is 3.77. The number of nitrogens with zero attached hydrogens (tertiary/aromatic N) is 2. The zero-order valence-corrected chi connectivity index (χ0v) is 24.8. The molecule has 212 valence electrons. The van der Waals surface area contributed by atoms with Crippen LogP contribution in [0.3, 0.4) is 0 Å². The number of furan rings is 1. The van der Waals surface area contributed by atoms with E-state index in [1.54, 1.807) is 0 Å². The maximum Gasteiger partial charge on any atom is 0.138 e. The fourth-order valence-electron chi connectivity index (χ4n) is 8.45. The summed E-state index contributed by atoms with van der Waals surface area (Å²) in [5, 5.41) is 9.78. The first-order chi connectivity index (χ1) is 22.1. The average molecular weight is 578 g/mol. The Bertz CT molecular complexity index is 2710. The largest absolute Gasteiger partial charge is 0.456 e. The number of hydrogen-bond acceptors (Lipinski definition) is 3. The number of aromatic nitrogens is 1. The van der Waals surface area contributed by atoms with Crippen molar-refractivity contribution in [3.63, 3.8) is 0 Å². The van der Waals surface area contributed by atoms with Gasteiger partial charge in [0.05, 0.1) is 22.8 Å². The minimum atomic E-state index is -0.0219. The second-order valence-corrected chi connectivity index (χ2v) is 13.2. The van der Waals surface area contributed by atoms with Gasteiger partial charge in [-0.2, -0.15) is 0 Å². The van der Waals surface area contributed by atoms with Crippen molar-refractivity contribution in [1.82, 2.24) is 4.40 Å². The Hall–Kier alpha value is -5.61. The Balaban J connectivity index is 1.27. The van der Waals surface area contributed by atoms with Crippen molar-refractivity contribution < 1.29 is 4.42 Å². The van der Waals surface area contributed by atoms with Crippen molar-refractivity contribution in [1.29, 1.82) is 0 Å². The third-order valence-corrected chi connectivity index (χ3v) is 10.5. The number of benzene rings is 5. The first-order valence-corrected chi connectivity index (χ1v) is 15.7. The smallest absolute Gasteiger partial charge is 0.138 e. The predicted molar refractivity (Wildman–Crippen MR) is 187 cm³/mol. The molecule has 4 heterocycles. The molecule has 4 nitrogen and oxygen atoms in total. The van der Waals surface area contributed by atoms with Crippen molar-refractivity contribution in [2.75, 3.05) is 5.32 Å². The van der Waals surface area contributed by atoms with E-state index in [0.29, 0.717) is 0 Å². The molecule has 2 aliphatic carbocycles. The van der Waals surface area contributed by atoms with E-state index in [1.807, 2.05) is 6.07 Å². The van der Waals surface area contributed by atoms with Gasteiger partial charge in [-0.3, -0.25) is 4.40 Å². The predicted octanol–water partition coefficient (Wildman–Crippen LogP) is 10.5. The van der Waals surface area contributed by atoms with Crippen LogP contribution in [0.2, 0.25) is 0 Å². The first kappa shape index (κ1) is 23.8. The molecule has 1 unspecified atom stereocenters. The molecule has 0 radical (unpaired) electrons. The summed E-state index contributed by atoms with van der Waals surface area (Å²) >= 11 is 0. The zero-order valence-electron chi connectivity index (χ0n) is 24.8. The lowest BCUT2D eigenvalue weighted by molar-refractivity contribution is 0.660. The molecule has 0 saturated carbocycles. The highest BCUT2D eigenvalue weighted by molar-refractivity contribution is 6.31. The Kier molecular flexibility index (Phi) is 4.18. The summed E-state index contributed by atoms with van der Waals surface area (Å²) in [5.74, 6) is 1.05. The molecular weight excluding hydrogens is 550 g/mol. The molecular formula is C41H27N3O. The van der Waals surface area contributed by atoms with Crippen molar-refractivity contribution in [2.45, 2.75) is 25.3 Å². The SMILES string of the molecule is CC1(C)c2ccccc2-c2cc(-c3cc4c5c(n6c7ccc8oc9ccccc9c8c7c(c3)c46)NC3C=CC=CC3=N5)ccc21. The Morgan fingerprint density at radius 3 is 2.53 bits per heavy atom. The van der Waals surface area contributed by atoms with E-state index in [-0.39, 0.29) is 11.5 Å². The summed E-state index contributed by atoms with van der Waals surface area (Å²) in [6, 6.07) is 33.4. The van der Waals surface area contributed by atoms with E-state index in [1.165, 1.54) is 60.6 Å². The van der Waals surface area contributed by atoms with Gasteiger partial charge in [-0.1, -0.05) is 86.7 Å². The second kappa shape index (κ2) is 7.91. The molecule has 5 aromatic carbocycles. The minimum absolute atomic E-state index is 0.0219. The summed E-state index contributed by atoms with van der Waals surface area (Å²) in [6.45, 7) is 4.68. The molecule has 1 N–H and O–H groups in total. The van der Waals surface area contributed by atoms with Crippen LogP contribution in [0.25, 0.3) is 71.4 Å². The van der Waals surface area contributed by atoms with Crippen LogP contribution in [-0.2, 0) is 5.41 Å². The number of para-hydroxylation sites is 1. The molecule has 4 heteroatoms. The van der Waals surface area contributed by atoms with Gasteiger partial charge in [0.15, 0.2) is 0 Å². The van der Waals surface area contributed by atoms with E-state index < -0.39 is 0 Å². The van der Waals surface area contributed by atoms with E-state index in [4.69, 9.17) is 9.41 Å². The van der Waals surface area contributed by atoms with Crippen LogP contribution in [0.4, 0.5) is 11.5 Å². The fraction of sp³-hybridized carbons (Fsp3) is 0.0976. The van der Waals surface area contributed by atoms with Gasteiger partial charge in [-0.25, -0.2) is 4.99 Å². The van der Waals surface area contributed by atoms with Crippen LogP contribution in [0, 0.1) is 0 Å². The van der Waals surface area contributed by atoms with Gasteiger partial charge in [0, 0.05) is 32.3 Å². The van der Waals surface area contributed by atoms with Gasteiger partial charge in [-0.15, -0.1) is 0 Å². The quantitative estimate of drug-likeness (QED) is 0.211. The molecule has 0 fully saturated rings. The van der Waals surface area contributed by atoms with E-state index in [9.17, 15) is 0 Å². The fourth-order valence-corrected chi connectivity index (χ4v) is 8.45. The van der Waals surface area contributed by atoms with E-state index >= 15 is 0 Å². The van der Waals surface area contributed by atoms with Crippen LogP contribution in [0.15, 0.2) is 125 Å². The lowest BCUT2D eigenvalue weighted by Crippen LogP contribution is -2.30. The molecule has 45 heavy (non-hydrogen) atoms. The minimum Gasteiger partial charge on any atom is -0.456 e. The molecule has 3 aliphatic rings. The third kappa shape index (κ3) is 2.86. The van der Waals surface area contributed by atoms with Crippen LogP contribution < -0.4 is 5.32 Å². The number of nitrogens with one attached hydrogen (secondary N) is 1. The highest BCUT2D eigenvalue weighted by Crippen LogP contribution is 2.52. The second-order valence-electron chi connectivity index (χ2n) is 13.2. The molecule has 1 aliphatic heterocycles. The monoisotopic (exact) mass is 577 g/mol. The third-order valence-electron chi connectivity index (χ3n) is 10.5. The first-order valence-electron chi connectivity index (χ1n) is 15.7. The molecule has 0 amide bonds. The van der Waals surface area contributed by atoms with Gasteiger partial charge in [0.2, 0.25) is 0 Å². The molecule has 11 rings (SSSR count). The topological polar surface area (TPSA) is 41.9 Å². The number of hydrogen-bond donors (Lipinski definition) is 1. The maximum atomic E-state index is 6.39. The molecule has 3 aromatic heterocycles. The summed E-state index contributed by atoms with van der Waals surface area (Å²) in [7, 11) is 0. The van der Waals surface area contributed by atoms with Crippen molar-refractivity contribution >= 4 is 66.3 Å². The number of aliphatic imine (C=N–C) groups is 1. The number of fused-ring (bicyclic) bond motifs is 14. The van der Waals surface area contributed by atoms with Gasteiger partial charge in [-0.05, 0) is 75.9 Å². The van der Waals surface area contributed by atoms with Crippen LogP contribution in [0.5, 0.6) is 0 Å². The van der Waals surface area contributed by atoms with Crippen molar-refractivity contribution in [2.24, 2.45) is 4.99 Å². The summed E-state index contributed by atoms with van der Waals surface area (Å²) < 4.78 is 8.78. The van der Waals surface area contributed by atoms with E-state index in [0.717, 1.165) is 39.2 Å². The summed E-state index contributed by atoms with van der Waals surface area (Å²) in [6.07, 6.45) is 8.48. The van der Waals surface area contributed by atoms with Crippen molar-refractivity contribution in [3.05, 3.63) is 126 Å². The normalized spacial score (nSPS) is 17.6. The number of allylic oxidation sites excluding steroid dienone is 2. The highest BCUT2D eigenvalue weighted by atomic mass is 16.3. The highest BCUT2D eigenvalue weighted by Gasteiger charge is 2.35. The van der Waals surface area contributed by atoms with Crippen molar-refractivity contribution in [3.8, 4) is 22.3 Å². The maximum absolute atomic E-state index is 6.39. The molecule has 0 spiro atoms. The van der Waals surface area contributed by atoms with Gasteiger partial charge >= 0.3 is 0 Å². The Morgan fingerprint density at radius 2 is 1.58 bits per heavy atom. The zero-order chi connectivity index (χ0) is 29.6. The molecule has 0 bridgehead atoms. The van der Waals surface area contributed by atoms with Crippen LogP contribution in [0.1, 0.15) is 25.0 Å². The Labute approximate surface area is 258 Å². The number of rotatable bonds is 1.